The number of hydrogen-bond acceptors (Lipinski definition) is 4. The van der Waals surface area contributed by atoms with Gasteiger partial charge in [0.15, 0.2) is 0 Å². The summed E-state index contributed by atoms with van der Waals surface area (Å²) in [6, 6.07) is 9.35. The fourth-order valence-electron chi connectivity index (χ4n) is 3.00. The van der Waals surface area contributed by atoms with Gasteiger partial charge < -0.3 is 0 Å². The van der Waals surface area contributed by atoms with Crippen molar-refractivity contribution in [3.63, 3.8) is 0 Å². The van der Waals surface area contributed by atoms with Crippen LogP contribution in [-0.2, 0) is 10.0 Å². The van der Waals surface area contributed by atoms with Crippen LogP contribution in [0.5, 0.6) is 0 Å². The van der Waals surface area contributed by atoms with Crippen molar-refractivity contribution in [1.82, 2.24) is 14.1 Å². The fourth-order valence-corrected chi connectivity index (χ4v) is 4.67. The molecule has 3 rings (SSSR count). The van der Waals surface area contributed by atoms with Crippen LogP contribution >= 0.6 is 0 Å². The molecule has 1 aromatic carbocycles. The Balaban J connectivity index is 1.95. The predicted octanol–water partition coefficient (Wildman–Crippen LogP) is 1.99. The third-order valence-corrected chi connectivity index (χ3v) is 5.98. The molecular formula is C16H19N3O3S. The van der Waals surface area contributed by atoms with Gasteiger partial charge in [-0.25, -0.2) is 13.1 Å². The van der Waals surface area contributed by atoms with Crippen LogP contribution in [0, 0.1) is 13.8 Å². The van der Waals surface area contributed by atoms with Crippen LogP contribution in [0.4, 0.5) is 0 Å². The summed E-state index contributed by atoms with van der Waals surface area (Å²) in [7, 11) is -3.68. The predicted molar refractivity (Wildman–Crippen MR) is 85.7 cm³/mol. The van der Waals surface area contributed by atoms with Gasteiger partial charge in [-0.3, -0.25) is 4.79 Å². The molecule has 1 aliphatic heterocycles. The average molecular weight is 333 g/mol. The first kappa shape index (κ1) is 15.9. The number of nitrogens with zero attached hydrogens (tertiary/aromatic N) is 3. The first-order valence-corrected chi connectivity index (χ1v) is 8.99. The second kappa shape index (κ2) is 5.90. The summed E-state index contributed by atoms with van der Waals surface area (Å²) in [4.78, 5) is 13.0. The molecular weight excluding hydrogens is 314 g/mol. The Bertz CT molecular complexity index is 828. The molecule has 2 aromatic rings. The van der Waals surface area contributed by atoms with Gasteiger partial charge in [0.1, 0.15) is 6.04 Å². The highest BCUT2D eigenvalue weighted by molar-refractivity contribution is 7.89. The second-order valence-electron chi connectivity index (χ2n) is 5.76. The molecule has 0 N–H and O–H groups in total. The van der Waals surface area contributed by atoms with Gasteiger partial charge in [0, 0.05) is 12.2 Å². The number of aromatic nitrogens is 2. The Morgan fingerprint density at radius 3 is 2.52 bits per heavy atom. The van der Waals surface area contributed by atoms with Crippen LogP contribution < -0.4 is 0 Å². The lowest BCUT2D eigenvalue weighted by Gasteiger charge is -2.23. The molecule has 0 bridgehead atoms. The number of sulfonamides is 1. The number of carbonyl (C=O) groups is 1. The highest BCUT2D eigenvalue weighted by atomic mass is 32.2. The second-order valence-corrected chi connectivity index (χ2v) is 7.65. The van der Waals surface area contributed by atoms with E-state index in [2.05, 4.69) is 5.10 Å². The van der Waals surface area contributed by atoms with Gasteiger partial charge in [0.25, 0.3) is 5.91 Å². The minimum atomic E-state index is -3.68. The molecule has 2 heterocycles. The quantitative estimate of drug-likeness (QED) is 0.861. The maximum atomic E-state index is 12.8. The zero-order valence-corrected chi connectivity index (χ0v) is 14.0. The molecule has 23 heavy (non-hydrogen) atoms. The van der Waals surface area contributed by atoms with Gasteiger partial charge in [-0.05, 0) is 44.9 Å². The normalized spacial score (nSPS) is 19.1. The van der Waals surface area contributed by atoms with Crippen molar-refractivity contribution in [2.45, 2.75) is 37.6 Å². The zero-order valence-electron chi connectivity index (χ0n) is 13.1. The smallest absolute Gasteiger partial charge is 0.265 e. The van der Waals surface area contributed by atoms with E-state index in [1.807, 2.05) is 13.0 Å². The van der Waals surface area contributed by atoms with Crippen LogP contribution in [0.15, 0.2) is 41.3 Å². The Labute approximate surface area is 135 Å². The van der Waals surface area contributed by atoms with Crippen molar-refractivity contribution >= 4 is 15.9 Å². The minimum Gasteiger partial charge on any atom is -0.271 e. The van der Waals surface area contributed by atoms with Crippen LogP contribution in [0.3, 0.4) is 0 Å². The van der Waals surface area contributed by atoms with Crippen LogP contribution in [0.25, 0.3) is 0 Å². The molecule has 7 heteroatoms. The van der Waals surface area contributed by atoms with E-state index in [0.29, 0.717) is 19.4 Å². The zero-order chi connectivity index (χ0) is 16.6. The summed E-state index contributed by atoms with van der Waals surface area (Å²) < 4.78 is 28.3. The van der Waals surface area contributed by atoms with Crippen molar-refractivity contribution in [3.8, 4) is 0 Å². The van der Waals surface area contributed by atoms with Gasteiger partial charge >= 0.3 is 0 Å². The monoisotopic (exact) mass is 333 g/mol. The van der Waals surface area contributed by atoms with Crippen molar-refractivity contribution in [3.05, 3.63) is 47.8 Å². The first-order valence-electron chi connectivity index (χ1n) is 7.55. The molecule has 1 aliphatic rings. The maximum absolute atomic E-state index is 12.8. The fraction of sp³-hybridized carbons (Fsp3) is 0.375. The number of benzene rings is 1. The van der Waals surface area contributed by atoms with Crippen molar-refractivity contribution in [2.24, 2.45) is 0 Å². The van der Waals surface area contributed by atoms with Crippen molar-refractivity contribution in [2.75, 3.05) is 6.54 Å². The first-order chi connectivity index (χ1) is 10.9. The molecule has 0 unspecified atom stereocenters. The largest absolute Gasteiger partial charge is 0.271 e. The van der Waals surface area contributed by atoms with Crippen LogP contribution in [0.1, 0.15) is 29.0 Å². The lowest BCUT2D eigenvalue weighted by Crippen LogP contribution is -2.43. The molecule has 122 valence electrons. The van der Waals surface area contributed by atoms with Gasteiger partial charge in [-0.1, -0.05) is 18.2 Å². The maximum Gasteiger partial charge on any atom is 0.265 e. The topological polar surface area (TPSA) is 72.3 Å². The number of aryl methyl sites for hydroxylation is 2. The van der Waals surface area contributed by atoms with E-state index in [4.69, 9.17) is 0 Å². The molecule has 1 atom stereocenters. The molecule has 0 radical (unpaired) electrons. The molecule has 1 saturated heterocycles. The summed E-state index contributed by atoms with van der Waals surface area (Å²) in [6.07, 6.45) is 1.19. The Hall–Kier alpha value is -1.99. The van der Waals surface area contributed by atoms with E-state index in [0.717, 1.165) is 11.4 Å². The summed E-state index contributed by atoms with van der Waals surface area (Å²) in [6.45, 7) is 3.96. The summed E-state index contributed by atoms with van der Waals surface area (Å²) in [5.41, 5.74) is 1.46. The van der Waals surface area contributed by atoms with E-state index in [1.165, 1.54) is 8.99 Å². The summed E-state index contributed by atoms with van der Waals surface area (Å²) in [5.74, 6) is -0.285. The minimum absolute atomic E-state index is 0.216. The third-order valence-electron chi connectivity index (χ3n) is 4.06. The summed E-state index contributed by atoms with van der Waals surface area (Å²) >= 11 is 0. The highest BCUT2D eigenvalue weighted by Gasteiger charge is 2.40. The van der Waals surface area contributed by atoms with Gasteiger partial charge in [0.05, 0.1) is 10.6 Å². The van der Waals surface area contributed by atoms with E-state index < -0.39 is 16.1 Å². The Morgan fingerprint density at radius 2 is 1.91 bits per heavy atom. The van der Waals surface area contributed by atoms with Gasteiger partial charge in [0.2, 0.25) is 10.0 Å². The van der Waals surface area contributed by atoms with Crippen LogP contribution in [-0.4, -0.2) is 41.0 Å². The molecule has 0 amide bonds. The van der Waals surface area contributed by atoms with Crippen LogP contribution in [0.2, 0.25) is 0 Å². The molecule has 1 aromatic heterocycles. The lowest BCUT2D eigenvalue weighted by molar-refractivity contribution is 0.0813. The summed E-state index contributed by atoms with van der Waals surface area (Å²) in [5, 5.41) is 4.19. The third kappa shape index (κ3) is 2.82. The molecule has 6 nitrogen and oxygen atoms in total. The molecule has 0 spiro atoms. The number of rotatable bonds is 3. The highest BCUT2D eigenvalue weighted by Crippen LogP contribution is 2.27. The van der Waals surface area contributed by atoms with E-state index in [9.17, 15) is 13.2 Å². The van der Waals surface area contributed by atoms with Crippen molar-refractivity contribution < 1.29 is 13.2 Å². The van der Waals surface area contributed by atoms with E-state index in [-0.39, 0.29) is 10.8 Å². The van der Waals surface area contributed by atoms with Gasteiger partial charge in [-0.2, -0.15) is 9.40 Å². The molecule has 0 saturated carbocycles. The Kier molecular flexibility index (Phi) is 4.08. The molecule has 1 fully saturated rings. The Morgan fingerprint density at radius 1 is 1.22 bits per heavy atom. The SMILES string of the molecule is Cc1cc(C)n(C(=O)[C@@H]2CCCN2S(=O)(=O)c2ccccc2)n1. The number of hydrogen-bond donors (Lipinski definition) is 0. The van der Waals surface area contributed by atoms with E-state index in [1.54, 1.807) is 37.3 Å². The standard InChI is InChI=1S/C16H19N3O3S/c1-12-11-13(2)19(17-12)16(20)15-9-6-10-18(15)23(21,22)14-7-4-3-5-8-14/h3-5,7-8,11,15H,6,9-10H2,1-2H3/t15-/m0/s1. The molecule has 0 aliphatic carbocycles. The van der Waals surface area contributed by atoms with E-state index >= 15 is 0 Å². The number of carbonyl (C=O) groups excluding carboxylic acids is 1. The average Bonchev–Trinajstić information content (AvgIpc) is 3.14. The lowest BCUT2D eigenvalue weighted by atomic mass is 10.2. The van der Waals surface area contributed by atoms with Crippen molar-refractivity contribution in [1.29, 1.82) is 0 Å². The van der Waals surface area contributed by atoms with Gasteiger partial charge in [-0.15, -0.1) is 0 Å².